The van der Waals surface area contributed by atoms with Crippen molar-refractivity contribution in [3.05, 3.63) is 29.8 Å². The van der Waals surface area contributed by atoms with Gasteiger partial charge in [-0.05, 0) is 73.5 Å². The highest BCUT2D eigenvalue weighted by Gasteiger charge is 2.62. The predicted octanol–water partition coefficient (Wildman–Crippen LogP) is 3.55. The molecule has 4 fully saturated rings. The van der Waals surface area contributed by atoms with Crippen LogP contribution in [0.2, 0.25) is 0 Å². The first kappa shape index (κ1) is 12.5. The molecule has 1 aromatic rings. The van der Waals surface area contributed by atoms with Crippen LogP contribution >= 0.6 is 0 Å². The minimum atomic E-state index is 0.556. The summed E-state index contributed by atoms with van der Waals surface area (Å²) in [5.41, 5.74) is 1.27. The zero-order chi connectivity index (χ0) is 14.0. The van der Waals surface area contributed by atoms with Crippen LogP contribution in [0, 0.1) is 23.7 Å². The van der Waals surface area contributed by atoms with E-state index in [1.807, 2.05) is 12.1 Å². The van der Waals surface area contributed by atoms with Gasteiger partial charge in [0.1, 0.15) is 0 Å². The van der Waals surface area contributed by atoms with E-state index in [1.54, 1.807) is 6.07 Å². The van der Waals surface area contributed by atoms with Crippen LogP contribution in [-0.4, -0.2) is 22.2 Å². The van der Waals surface area contributed by atoms with Gasteiger partial charge in [0.15, 0.2) is 5.75 Å². The van der Waals surface area contributed by atoms with E-state index in [1.165, 1.54) is 37.7 Å². The number of benzene rings is 1. The van der Waals surface area contributed by atoms with Crippen LogP contribution in [0.1, 0.15) is 37.7 Å². The summed E-state index contributed by atoms with van der Waals surface area (Å²) in [5, 5.41) is 8.85. The summed E-state index contributed by atoms with van der Waals surface area (Å²) in [6, 6.07) is 9.58. The lowest BCUT2D eigenvalue weighted by Gasteiger charge is -2.29. The van der Waals surface area contributed by atoms with E-state index in [0.29, 0.717) is 5.75 Å². The SMILES string of the molecule is OOc1cccc(CN2C3CCC4CC5CCC2C5C43)c1. The molecule has 0 spiro atoms. The number of rotatable bonds is 3. The quantitative estimate of drug-likeness (QED) is 0.681. The molecule has 1 aliphatic heterocycles. The van der Waals surface area contributed by atoms with Crippen LogP contribution in [0.4, 0.5) is 0 Å². The summed E-state index contributed by atoms with van der Waals surface area (Å²) in [5.74, 6) is 4.62. The monoisotopic (exact) mass is 285 g/mol. The molecule has 3 saturated carbocycles. The average molecular weight is 285 g/mol. The maximum absolute atomic E-state index is 8.85. The van der Waals surface area contributed by atoms with E-state index in [-0.39, 0.29) is 0 Å². The van der Waals surface area contributed by atoms with Gasteiger partial charge < -0.3 is 4.89 Å². The number of hydrogen-bond donors (Lipinski definition) is 1. The molecule has 3 heteroatoms. The van der Waals surface area contributed by atoms with Gasteiger partial charge in [0, 0.05) is 18.6 Å². The molecule has 0 aromatic heterocycles. The average Bonchev–Trinajstić information content (AvgIpc) is 3.21. The molecular weight excluding hydrogens is 262 g/mol. The highest BCUT2D eigenvalue weighted by Crippen LogP contribution is 2.63. The first-order valence-electron chi connectivity index (χ1n) is 8.51. The topological polar surface area (TPSA) is 32.7 Å². The van der Waals surface area contributed by atoms with E-state index in [9.17, 15) is 0 Å². The van der Waals surface area contributed by atoms with Crippen LogP contribution < -0.4 is 4.89 Å². The Morgan fingerprint density at radius 2 is 1.76 bits per heavy atom. The maximum atomic E-state index is 8.85. The van der Waals surface area contributed by atoms with Crippen molar-refractivity contribution in [3.8, 4) is 5.75 Å². The Labute approximate surface area is 125 Å². The molecule has 4 aliphatic rings. The van der Waals surface area contributed by atoms with Crippen molar-refractivity contribution >= 4 is 0 Å². The van der Waals surface area contributed by atoms with Gasteiger partial charge >= 0.3 is 0 Å². The Balaban J connectivity index is 1.44. The van der Waals surface area contributed by atoms with Gasteiger partial charge in [-0.25, -0.2) is 5.26 Å². The van der Waals surface area contributed by atoms with Crippen molar-refractivity contribution in [2.75, 3.05) is 0 Å². The van der Waals surface area contributed by atoms with Gasteiger partial charge in [0.05, 0.1) is 0 Å². The number of nitrogens with zero attached hydrogens (tertiary/aromatic N) is 1. The minimum absolute atomic E-state index is 0.556. The fourth-order valence-corrected chi connectivity index (χ4v) is 6.41. The lowest BCUT2D eigenvalue weighted by molar-refractivity contribution is -0.137. The van der Waals surface area contributed by atoms with Crippen LogP contribution in [0.5, 0.6) is 5.75 Å². The van der Waals surface area contributed by atoms with Gasteiger partial charge in [-0.1, -0.05) is 12.1 Å². The molecule has 1 heterocycles. The van der Waals surface area contributed by atoms with Gasteiger partial charge in [-0.2, -0.15) is 0 Å². The molecule has 1 aromatic carbocycles. The van der Waals surface area contributed by atoms with Crippen molar-refractivity contribution in [2.24, 2.45) is 23.7 Å². The first-order valence-corrected chi connectivity index (χ1v) is 8.51. The van der Waals surface area contributed by atoms with Gasteiger partial charge in [0.2, 0.25) is 0 Å². The molecule has 21 heavy (non-hydrogen) atoms. The summed E-state index contributed by atoms with van der Waals surface area (Å²) >= 11 is 0. The standard InChI is InChI=1S/C18H23NO2/c20-21-14-3-1-2-11(8-14)10-19-15-6-4-12-9-13-5-7-16(19)18(13)17(12)15/h1-3,8,12-13,15-18,20H,4-7,9-10H2. The zero-order valence-electron chi connectivity index (χ0n) is 12.3. The van der Waals surface area contributed by atoms with Crippen LogP contribution in [0.3, 0.4) is 0 Å². The third kappa shape index (κ3) is 1.68. The molecule has 6 atom stereocenters. The van der Waals surface area contributed by atoms with Gasteiger partial charge in [0.25, 0.3) is 0 Å². The molecule has 0 radical (unpaired) electrons. The summed E-state index contributed by atoms with van der Waals surface area (Å²) in [7, 11) is 0. The van der Waals surface area contributed by atoms with Crippen molar-refractivity contribution in [3.63, 3.8) is 0 Å². The normalized spacial score (nSPS) is 43.5. The lowest BCUT2D eigenvalue weighted by Crippen LogP contribution is -2.35. The van der Waals surface area contributed by atoms with Crippen molar-refractivity contribution in [2.45, 2.75) is 50.7 Å². The largest absolute Gasteiger partial charge is 0.340 e. The maximum Gasteiger partial charge on any atom is 0.165 e. The molecule has 0 bridgehead atoms. The van der Waals surface area contributed by atoms with Crippen molar-refractivity contribution < 1.29 is 10.1 Å². The van der Waals surface area contributed by atoms with Gasteiger partial charge in [-0.15, -0.1) is 0 Å². The number of likely N-dealkylation sites (tertiary alicyclic amines) is 1. The second kappa shape index (κ2) is 4.47. The minimum Gasteiger partial charge on any atom is -0.340 e. The molecule has 1 N–H and O–H groups in total. The second-order valence-electron chi connectivity index (χ2n) is 7.61. The van der Waals surface area contributed by atoms with Crippen LogP contribution in [-0.2, 0) is 6.54 Å². The van der Waals surface area contributed by atoms with Crippen LogP contribution in [0.15, 0.2) is 24.3 Å². The molecule has 0 amide bonds. The predicted molar refractivity (Wildman–Crippen MR) is 79.9 cm³/mol. The Morgan fingerprint density at radius 1 is 1.05 bits per heavy atom. The molecule has 6 unspecified atom stereocenters. The van der Waals surface area contributed by atoms with E-state index in [0.717, 1.165) is 42.3 Å². The molecule has 5 rings (SSSR count). The fraction of sp³-hybridized carbons (Fsp3) is 0.667. The molecule has 3 nitrogen and oxygen atoms in total. The zero-order valence-corrected chi connectivity index (χ0v) is 12.3. The van der Waals surface area contributed by atoms with E-state index >= 15 is 0 Å². The van der Waals surface area contributed by atoms with Crippen molar-refractivity contribution in [1.82, 2.24) is 4.90 Å². The summed E-state index contributed by atoms with van der Waals surface area (Å²) in [6.45, 7) is 1.03. The fourth-order valence-electron chi connectivity index (χ4n) is 6.41. The number of hydrogen-bond acceptors (Lipinski definition) is 3. The van der Waals surface area contributed by atoms with Crippen molar-refractivity contribution in [1.29, 1.82) is 0 Å². The molecular formula is C18H23NO2. The summed E-state index contributed by atoms with van der Waals surface area (Å²) in [4.78, 5) is 7.21. The Bertz CT molecular complexity index is 536. The highest BCUT2D eigenvalue weighted by atomic mass is 17.1. The highest BCUT2D eigenvalue weighted by molar-refractivity contribution is 5.28. The Hall–Kier alpha value is -1.06. The van der Waals surface area contributed by atoms with E-state index in [4.69, 9.17) is 5.26 Å². The van der Waals surface area contributed by atoms with E-state index in [2.05, 4.69) is 15.9 Å². The Morgan fingerprint density at radius 3 is 2.43 bits per heavy atom. The second-order valence-corrected chi connectivity index (χ2v) is 7.61. The smallest absolute Gasteiger partial charge is 0.165 e. The van der Waals surface area contributed by atoms with E-state index < -0.39 is 0 Å². The van der Waals surface area contributed by atoms with Gasteiger partial charge in [-0.3, -0.25) is 4.90 Å². The summed E-state index contributed by atoms with van der Waals surface area (Å²) < 4.78 is 0. The molecule has 112 valence electrons. The first-order chi connectivity index (χ1) is 10.3. The Kier molecular flexibility index (Phi) is 2.65. The summed E-state index contributed by atoms with van der Waals surface area (Å²) in [6.07, 6.45) is 7.27. The lowest BCUT2D eigenvalue weighted by atomic mass is 9.90. The third-order valence-electron chi connectivity index (χ3n) is 6.91. The third-order valence-corrected chi connectivity index (χ3v) is 6.91. The molecule has 1 saturated heterocycles. The molecule has 3 aliphatic carbocycles. The van der Waals surface area contributed by atoms with Crippen LogP contribution in [0.25, 0.3) is 0 Å².